The van der Waals surface area contributed by atoms with Gasteiger partial charge in [0.25, 0.3) is 5.91 Å². The van der Waals surface area contributed by atoms with Crippen LogP contribution in [0.5, 0.6) is 5.75 Å². The molecule has 17 heavy (non-hydrogen) atoms. The molecule has 0 fully saturated rings. The zero-order chi connectivity index (χ0) is 13.1. The highest BCUT2D eigenvalue weighted by Crippen LogP contribution is 2.16. The molecule has 0 bridgehead atoms. The van der Waals surface area contributed by atoms with Crippen LogP contribution in [0.2, 0.25) is 0 Å². The quantitative estimate of drug-likeness (QED) is 0.639. The fraction of sp³-hybridized carbons (Fsp3) is 0.417. The van der Waals surface area contributed by atoms with Crippen LogP contribution >= 0.6 is 0 Å². The molecular formula is C12H17NO4. The van der Waals surface area contributed by atoms with Crippen molar-refractivity contribution >= 4 is 5.91 Å². The van der Waals surface area contributed by atoms with E-state index in [1.807, 2.05) is 0 Å². The van der Waals surface area contributed by atoms with Gasteiger partial charge in [-0.1, -0.05) is 12.1 Å². The van der Waals surface area contributed by atoms with Crippen molar-refractivity contribution in [3.63, 3.8) is 0 Å². The normalized spacial score (nSPS) is 13.2. The maximum atomic E-state index is 10.8. The molecule has 94 valence electrons. The second-order valence-corrected chi connectivity index (χ2v) is 4.20. The lowest BCUT2D eigenvalue weighted by Gasteiger charge is -2.16. The third kappa shape index (κ3) is 4.84. The summed E-state index contributed by atoms with van der Waals surface area (Å²) in [5.41, 5.74) is 5.83. The number of primary amides is 1. The van der Waals surface area contributed by atoms with Crippen LogP contribution in [-0.4, -0.2) is 28.0 Å². The standard InChI is InChI=1S/C12H17NO4/c1-8(11(13)14)17-10-5-3-9(4-6-10)7-12(2,15)16/h3-6,8,15-16H,7H2,1-2H3,(H2,13,14). The fourth-order valence-corrected chi connectivity index (χ4v) is 1.33. The highest BCUT2D eigenvalue weighted by molar-refractivity contribution is 5.78. The van der Waals surface area contributed by atoms with E-state index in [0.717, 1.165) is 5.56 Å². The number of carbonyl (C=O) groups is 1. The van der Waals surface area contributed by atoms with Crippen molar-refractivity contribution in [2.45, 2.75) is 32.2 Å². The number of rotatable bonds is 5. The topological polar surface area (TPSA) is 92.8 Å². The average molecular weight is 239 g/mol. The number of benzene rings is 1. The van der Waals surface area contributed by atoms with Gasteiger partial charge < -0.3 is 20.7 Å². The van der Waals surface area contributed by atoms with Crippen molar-refractivity contribution in [1.29, 1.82) is 0 Å². The summed E-state index contributed by atoms with van der Waals surface area (Å²) in [5.74, 6) is -1.76. The van der Waals surface area contributed by atoms with E-state index in [1.54, 1.807) is 31.2 Å². The smallest absolute Gasteiger partial charge is 0.258 e. The Hall–Kier alpha value is -1.59. The first-order chi connectivity index (χ1) is 7.78. The molecule has 0 spiro atoms. The maximum Gasteiger partial charge on any atom is 0.258 e. The summed E-state index contributed by atoms with van der Waals surface area (Å²) in [6, 6.07) is 6.71. The number of nitrogens with two attached hydrogens (primary N) is 1. The van der Waals surface area contributed by atoms with Gasteiger partial charge in [0.1, 0.15) is 5.75 Å². The van der Waals surface area contributed by atoms with E-state index in [4.69, 9.17) is 10.5 Å². The van der Waals surface area contributed by atoms with E-state index in [9.17, 15) is 15.0 Å². The van der Waals surface area contributed by atoms with Gasteiger partial charge in [0.15, 0.2) is 11.9 Å². The number of hydrogen-bond acceptors (Lipinski definition) is 4. The number of hydrogen-bond donors (Lipinski definition) is 3. The number of carbonyl (C=O) groups excluding carboxylic acids is 1. The molecule has 0 aliphatic heterocycles. The Labute approximate surface area is 99.8 Å². The number of ether oxygens (including phenoxy) is 1. The van der Waals surface area contributed by atoms with Gasteiger partial charge in [-0.2, -0.15) is 0 Å². The first-order valence-corrected chi connectivity index (χ1v) is 5.27. The Bertz CT molecular complexity index is 380. The van der Waals surface area contributed by atoms with Crippen LogP contribution in [0.15, 0.2) is 24.3 Å². The minimum atomic E-state index is -1.73. The summed E-state index contributed by atoms with van der Waals surface area (Å²) >= 11 is 0. The maximum absolute atomic E-state index is 10.8. The molecular weight excluding hydrogens is 222 g/mol. The highest BCUT2D eigenvalue weighted by atomic mass is 16.5. The third-order valence-electron chi connectivity index (χ3n) is 2.18. The molecule has 1 amide bonds. The van der Waals surface area contributed by atoms with Crippen LogP contribution in [0, 0.1) is 0 Å². The molecule has 1 aromatic rings. The predicted octanol–water partition coefficient (Wildman–Crippen LogP) is 0.183. The van der Waals surface area contributed by atoms with E-state index in [-0.39, 0.29) is 6.42 Å². The Kier molecular flexibility index (Phi) is 4.09. The van der Waals surface area contributed by atoms with Gasteiger partial charge in [0.05, 0.1) is 0 Å². The summed E-state index contributed by atoms with van der Waals surface area (Å²) in [5, 5.41) is 18.4. The van der Waals surface area contributed by atoms with E-state index in [1.165, 1.54) is 6.92 Å². The minimum Gasteiger partial charge on any atom is -0.481 e. The van der Waals surface area contributed by atoms with Gasteiger partial charge in [0.2, 0.25) is 0 Å². The number of amides is 1. The molecule has 4 N–H and O–H groups in total. The molecule has 1 unspecified atom stereocenters. The molecule has 0 saturated heterocycles. The Balaban J connectivity index is 2.65. The van der Waals surface area contributed by atoms with Crippen molar-refractivity contribution in [2.75, 3.05) is 0 Å². The molecule has 0 aliphatic carbocycles. The summed E-state index contributed by atoms with van der Waals surface area (Å²) < 4.78 is 5.26. The SMILES string of the molecule is CC(Oc1ccc(CC(C)(O)O)cc1)C(N)=O. The lowest BCUT2D eigenvalue weighted by molar-refractivity contribution is -0.142. The Morgan fingerprint density at radius 3 is 2.35 bits per heavy atom. The largest absolute Gasteiger partial charge is 0.481 e. The predicted molar refractivity (Wildman–Crippen MR) is 62.3 cm³/mol. The van der Waals surface area contributed by atoms with Gasteiger partial charge in [-0.15, -0.1) is 0 Å². The summed E-state index contributed by atoms with van der Waals surface area (Å²) in [6.07, 6.45) is -0.569. The van der Waals surface area contributed by atoms with Crippen LogP contribution in [0.1, 0.15) is 19.4 Å². The Morgan fingerprint density at radius 1 is 1.41 bits per heavy atom. The van der Waals surface area contributed by atoms with Gasteiger partial charge >= 0.3 is 0 Å². The fourth-order valence-electron chi connectivity index (χ4n) is 1.33. The minimum absolute atomic E-state index is 0.124. The van der Waals surface area contributed by atoms with Crippen LogP contribution in [0.4, 0.5) is 0 Å². The van der Waals surface area contributed by atoms with Crippen molar-refractivity contribution in [3.05, 3.63) is 29.8 Å². The first-order valence-electron chi connectivity index (χ1n) is 5.27. The van der Waals surface area contributed by atoms with Crippen molar-refractivity contribution in [2.24, 2.45) is 5.73 Å². The van der Waals surface area contributed by atoms with E-state index < -0.39 is 17.8 Å². The van der Waals surface area contributed by atoms with Crippen molar-refractivity contribution < 1.29 is 19.7 Å². The monoisotopic (exact) mass is 239 g/mol. The second kappa shape index (κ2) is 5.16. The molecule has 5 heteroatoms. The zero-order valence-corrected chi connectivity index (χ0v) is 9.88. The molecule has 0 aliphatic rings. The summed E-state index contributed by atoms with van der Waals surface area (Å²) in [6.45, 7) is 2.88. The highest BCUT2D eigenvalue weighted by Gasteiger charge is 2.16. The van der Waals surface area contributed by atoms with Crippen LogP contribution in [0.25, 0.3) is 0 Å². The second-order valence-electron chi connectivity index (χ2n) is 4.20. The van der Waals surface area contributed by atoms with E-state index in [2.05, 4.69) is 0 Å². The summed E-state index contributed by atoms with van der Waals surface area (Å²) in [4.78, 5) is 10.8. The van der Waals surface area contributed by atoms with Crippen molar-refractivity contribution in [3.8, 4) is 5.75 Å². The van der Waals surface area contributed by atoms with Crippen LogP contribution < -0.4 is 10.5 Å². The van der Waals surface area contributed by atoms with Crippen molar-refractivity contribution in [1.82, 2.24) is 0 Å². The lowest BCUT2D eigenvalue weighted by Crippen LogP contribution is -2.30. The van der Waals surface area contributed by atoms with E-state index in [0.29, 0.717) is 5.75 Å². The van der Waals surface area contributed by atoms with Crippen LogP contribution in [0.3, 0.4) is 0 Å². The summed E-state index contributed by atoms with van der Waals surface area (Å²) in [7, 11) is 0. The molecule has 0 radical (unpaired) electrons. The molecule has 1 atom stereocenters. The van der Waals surface area contributed by atoms with Gasteiger partial charge in [-0.05, 0) is 31.5 Å². The molecule has 1 aromatic carbocycles. The molecule has 0 heterocycles. The Morgan fingerprint density at radius 2 is 1.94 bits per heavy atom. The third-order valence-corrected chi connectivity index (χ3v) is 2.18. The lowest BCUT2D eigenvalue weighted by atomic mass is 10.1. The average Bonchev–Trinajstić information content (AvgIpc) is 2.18. The van der Waals surface area contributed by atoms with Gasteiger partial charge in [-0.25, -0.2) is 0 Å². The number of aliphatic hydroxyl groups is 2. The molecule has 0 saturated carbocycles. The molecule has 1 rings (SSSR count). The van der Waals surface area contributed by atoms with E-state index >= 15 is 0 Å². The van der Waals surface area contributed by atoms with Gasteiger partial charge in [0, 0.05) is 6.42 Å². The zero-order valence-electron chi connectivity index (χ0n) is 9.88. The first kappa shape index (κ1) is 13.5. The van der Waals surface area contributed by atoms with Crippen LogP contribution in [-0.2, 0) is 11.2 Å². The van der Waals surface area contributed by atoms with Gasteiger partial charge in [-0.3, -0.25) is 4.79 Å². The molecule has 5 nitrogen and oxygen atoms in total. The molecule has 0 aromatic heterocycles.